The Labute approximate surface area is 156 Å². The van der Waals surface area contributed by atoms with Crippen LogP contribution >= 0.6 is 23.2 Å². The average molecular weight is 386 g/mol. The number of ether oxygens (including phenoxy) is 2. The van der Waals surface area contributed by atoms with E-state index in [9.17, 15) is 4.79 Å². The van der Waals surface area contributed by atoms with Crippen LogP contribution in [0.4, 0.5) is 0 Å². The summed E-state index contributed by atoms with van der Waals surface area (Å²) in [6.07, 6.45) is 6.35. The first kappa shape index (κ1) is 18.5. The quantitative estimate of drug-likeness (QED) is 0.685. The van der Waals surface area contributed by atoms with Crippen LogP contribution in [-0.4, -0.2) is 53.2 Å². The molecule has 25 heavy (non-hydrogen) atoms. The molecule has 1 saturated heterocycles. The van der Waals surface area contributed by atoms with E-state index in [0.29, 0.717) is 35.2 Å². The molecule has 8 heteroatoms. The second-order valence-corrected chi connectivity index (χ2v) is 7.01. The smallest absolute Gasteiger partial charge is 0.306 e. The predicted octanol–water partition coefficient (Wildman–Crippen LogP) is 3.19. The Balaban J connectivity index is 1.73. The fraction of sp³-hybridized carbons (Fsp3) is 0.529. The highest BCUT2D eigenvalue weighted by molar-refractivity contribution is 6.36. The number of imidazole rings is 1. The molecule has 0 amide bonds. The molecule has 1 atom stereocenters. The van der Waals surface area contributed by atoms with Crippen molar-refractivity contribution in [3.63, 3.8) is 0 Å². The zero-order valence-corrected chi connectivity index (χ0v) is 15.6. The van der Waals surface area contributed by atoms with E-state index >= 15 is 0 Å². The largest absolute Gasteiger partial charge is 0.469 e. The van der Waals surface area contributed by atoms with Crippen molar-refractivity contribution in [1.29, 1.82) is 0 Å². The monoisotopic (exact) mass is 385 g/mol. The van der Waals surface area contributed by atoms with E-state index in [4.69, 9.17) is 32.7 Å². The van der Waals surface area contributed by atoms with E-state index in [1.165, 1.54) is 7.11 Å². The molecule has 0 N–H and O–H groups in total. The maximum absolute atomic E-state index is 11.5. The van der Waals surface area contributed by atoms with Crippen molar-refractivity contribution >= 4 is 34.8 Å². The van der Waals surface area contributed by atoms with Gasteiger partial charge in [-0.1, -0.05) is 23.2 Å². The van der Waals surface area contributed by atoms with E-state index in [2.05, 4.69) is 9.88 Å². The molecule has 3 heterocycles. The Bertz CT molecular complexity index is 744. The average Bonchev–Trinajstić information content (AvgIpc) is 3.21. The van der Waals surface area contributed by atoms with Crippen molar-refractivity contribution in [1.82, 2.24) is 14.3 Å². The van der Waals surface area contributed by atoms with Gasteiger partial charge < -0.3 is 13.9 Å². The van der Waals surface area contributed by atoms with Gasteiger partial charge in [0.25, 0.3) is 0 Å². The van der Waals surface area contributed by atoms with E-state index in [1.807, 2.05) is 10.6 Å². The minimum Gasteiger partial charge on any atom is -0.469 e. The van der Waals surface area contributed by atoms with E-state index < -0.39 is 0 Å². The number of aromatic nitrogens is 2. The maximum Gasteiger partial charge on any atom is 0.306 e. The Morgan fingerprint density at radius 3 is 3.04 bits per heavy atom. The van der Waals surface area contributed by atoms with Crippen LogP contribution in [0.25, 0.3) is 5.65 Å². The number of rotatable bonds is 7. The lowest BCUT2D eigenvalue weighted by atomic mass is 10.2. The minimum absolute atomic E-state index is 0.202. The van der Waals surface area contributed by atoms with Crippen LogP contribution in [0.3, 0.4) is 0 Å². The van der Waals surface area contributed by atoms with Crippen LogP contribution in [0.1, 0.15) is 25.0 Å². The number of methoxy groups -OCH3 is 1. The fourth-order valence-electron chi connectivity index (χ4n) is 3.04. The standard InChI is InChI=1S/C17H21Cl2N3O3/c1-24-16(23)4-5-21(11-14-3-2-6-25-14)9-13-10-22-8-12(18)7-15(19)17(22)20-13/h7-8,10,14H,2-6,9,11H2,1H3. The number of halogens is 2. The van der Waals surface area contributed by atoms with Crippen LogP contribution in [-0.2, 0) is 20.8 Å². The van der Waals surface area contributed by atoms with Gasteiger partial charge in [0.1, 0.15) is 0 Å². The number of nitrogens with zero attached hydrogens (tertiary/aromatic N) is 3. The van der Waals surface area contributed by atoms with Gasteiger partial charge in [-0.3, -0.25) is 9.69 Å². The van der Waals surface area contributed by atoms with Crippen LogP contribution in [0.5, 0.6) is 0 Å². The van der Waals surface area contributed by atoms with Crippen molar-refractivity contribution in [2.24, 2.45) is 0 Å². The summed E-state index contributed by atoms with van der Waals surface area (Å²) in [7, 11) is 1.40. The summed E-state index contributed by atoms with van der Waals surface area (Å²) in [6, 6.07) is 1.68. The summed E-state index contributed by atoms with van der Waals surface area (Å²) in [6.45, 7) is 2.76. The maximum atomic E-state index is 11.5. The molecule has 1 aliphatic rings. The third-order valence-corrected chi connectivity index (χ3v) is 4.74. The molecule has 6 nitrogen and oxygen atoms in total. The highest BCUT2D eigenvalue weighted by Crippen LogP contribution is 2.22. The zero-order valence-electron chi connectivity index (χ0n) is 14.1. The molecule has 0 saturated carbocycles. The van der Waals surface area contributed by atoms with Crippen molar-refractivity contribution in [2.75, 3.05) is 26.8 Å². The van der Waals surface area contributed by atoms with Gasteiger partial charge in [-0.05, 0) is 18.9 Å². The Kier molecular flexibility index (Phi) is 6.17. The molecule has 0 bridgehead atoms. The van der Waals surface area contributed by atoms with Gasteiger partial charge in [0.05, 0.1) is 35.4 Å². The number of hydrogen-bond acceptors (Lipinski definition) is 5. The third kappa shape index (κ3) is 4.85. The molecule has 3 rings (SSSR count). The molecule has 1 unspecified atom stereocenters. The van der Waals surface area contributed by atoms with Crippen molar-refractivity contribution < 1.29 is 14.3 Å². The van der Waals surface area contributed by atoms with Crippen LogP contribution < -0.4 is 0 Å². The van der Waals surface area contributed by atoms with Crippen LogP contribution in [0, 0.1) is 0 Å². The minimum atomic E-state index is -0.220. The number of fused-ring (bicyclic) bond motifs is 1. The summed E-state index contributed by atoms with van der Waals surface area (Å²) in [4.78, 5) is 18.3. The molecule has 0 aromatic carbocycles. The predicted molar refractivity (Wildman–Crippen MR) is 96.1 cm³/mol. The first-order valence-corrected chi connectivity index (χ1v) is 9.04. The summed E-state index contributed by atoms with van der Waals surface area (Å²) in [5.74, 6) is -0.220. The summed E-state index contributed by atoms with van der Waals surface area (Å²) in [5, 5.41) is 1.07. The first-order chi connectivity index (χ1) is 12.0. The van der Waals surface area contributed by atoms with Gasteiger partial charge in [0.15, 0.2) is 5.65 Å². The topological polar surface area (TPSA) is 56.1 Å². The lowest BCUT2D eigenvalue weighted by Crippen LogP contribution is -2.33. The number of hydrogen-bond donors (Lipinski definition) is 0. The second-order valence-electron chi connectivity index (χ2n) is 6.17. The third-order valence-electron chi connectivity index (χ3n) is 4.25. The number of pyridine rings is 1. The van der Waals surface area contributed by atoms with Gasteiger partial charge in [0, 0.05) is 38.6 Å². The van der Waals surface area contributed by atoms with E-state index in [0.717, 1.165) is 31.7 Å². The highest BCUT2D eigenvalue weighted by Gasteiger charge is 2.21. The van der Waals surface area contributed by atoms with Gasteiger partial charge >= 0.3 is 5.97 Å². The summed E-state index contributed by atoms with van der Waals surface area (Å²) < 4.78 is 12.3. The number of carbonyl (C=O) groups excluding carboxylic acids is 1. The lowest BCUT2D eigenvalue weighted by molar-refractivity contribution is -0.141. The van der Waals surface area contributed by atoms with Gasteiger partial charge in [-0.15, -0.1) is 0 Å². The summed E-state index contributed by atoms with van der Waals surface area (Å²) in [5.41, 5.74) is 1.54. The molecule has 1 fully saturated rings. The molecule has 0 radical (unpaired) electrons. The first-order valence-electron chi connectivity index (χ1n) is 8.28. The molecule has 2 aromatic heterocycles. The van der Waals surface area contributed by atoms with Crippen molar-refractivity contribution in [2.45, 2.75) is 31.9 Å². The zero-order chi connectivity index (χ0) is 17.8. The Morgan fingerprint density at radius 1 is 1.48 bits per heavy atom. The highest BCUT2D eigenvalue weighted by atomic mass is 35.5. The molecular formula is C17H21Cl2N3O3. The molecule has 1 aliphatic heterocycles. The Hall–Kier alpha value is -1.34. The lowest BCUT2D eigenvalue weighted by Gasteiger charge is -2.23. The summed E-state index contributed by atoms with van der Waals surface area (Å²) >= 11 is 12.3. The fourth-order valence-corrected chi connectivity index (χ4v) is 3.57. The second kappa shape index (κ2) is 8.36. The SMILES string of the molecule is COC(=O)CCN(Cc1cn2cc(Cl)cc(Cl)c2n1)CC1CCCO1. The van der Waals surface area contributed by atoms with Crippen LogP contribution in [0.15, 0.2) is 18.5 Å². The Morgan fingerprint density at radius 2 is 2.32 bits per heavy atom. The van der Waals surface area contributed by atoms with Gasteiger partial charge in [-0.25, -0.2) is 4.98 Å². The number of carbonyl (C=O) groups is 1. The molecule has 0 spiro atoms. The van der Waals surface area contributed by atoms with E-state index in [-0.39, 0.29) is 12.1 Å². The normalized spacial score (nSPS) is 17.5. The molecule has 2 aromatic rings. The van der Waals surface area contributed by atoms with Crippen LogP contribution in [0.2, 0.25) is 10.0 Å². The van der Waals surface area contributed by atoms with E-state index in [1.54, 1.807) is 12.3 Å². The molecular weight excluding hydrogens is 365 g/mol. The van der Waals surface area contributed by atoms with Gasteiger partial charge in [-0.2, -0.15) is 0 Å². The van der Waals surface area contributed by atoms with Crippen molar-refractivity contribution in [3.8, 4) is 0 Å². The van der Waals surface area contributed by atoms with Gasteiger partial charge in [0.2, 0.25) is 0 Å². The van der Waals surface area contributed by atoms with Crippen molar-refractivity contribution in [3.05, 3.63) is 34.2 Å². The number of esters is 1. The molecule has 136 valence electrons. The molecule has 0 aliphatic carbocycles.